The third-order valence-corrected chi connectivity index (χ3v) is 19.1. The standard InChI is InChI=1S/C21H25.C13H13.C13H10.2ClH.Zr/c1-20(2,3)16-7-9-18-14(12-16)11-15-13-17(21(4,5)6)8-10-19(15)18;1-10-8-11(2)13(9-10)12-6-4-3-5-7-12;1-3-7-12(8-4-1)11-13-9-5-2-6-10-13;;;/h7-10,12H,11H2,1-6H3;3-7,9-10H,1-2H3;1-10H;2*1H;/q;;;;;+2/p-2. The molecule has 0 saturated heterocycles. The van der Waals surface area contributed by atoms with Crippen molar-refractivity contribution in [2.24, 2.45) is 5.92 Å². The summed E-state index contributed by atoms with van der Waals surface area (Å²) in [6.07, 6.45) is 3.58. The summed E-state index contributed by atoms with van der Waals surface area (Å²) < 4.78 is 5.00. The van der Waals surface area contributed by atoms with Crippen LogP contribution in [0, 0.1) is 5.92 Å². The second-order valence-electron chi connectivity index (χ2n) is 15.8. The molecule has 0 radical (unpaired) electrons. The van der Waals surface area contributed by atoms with Crippen molar-refractivity contribution in [1.29, 1.82) is 0 Å². The molecule has 0 saturated carbocycles. The Morgan fingerprint density at radius 1 is 0.640 bits per heavy atom. The Morgan fingerprint density at radius 3 is 1.72 bits per heavy atom. The number of hydrogen-bond donors (Lipinski definition) is 0. The molecular weight excluding hydrogens is 727 g/mol. The van der Waals surface area contributed by atoms with Gasteiger partial charge >= 0.3 is 298 Å². The molecule has 0 heterocycles. The molecule has 0 nitrogen and oxygen atoms in total. The summed E-state index contributed by atoms with van der Waals surface area (Å²) in [4.78, 5) is 0. The van der Waals surface area contributed by atoms with Crippen LogP contribution in [0.25, 0.3) is 16.7 Å². The van der Waals surface area contributed by atoms with Crippen LogP contribution in [0.4, 0.5) is 0 Å². The maximum Gasteiger partial charge on any atom is -1.00 e. The number of hydrogen-bond acceptors (Lipinski definition) is 0. The van der Waals surface area contributed by atoms with E-state index in [4.69, 9.17) is 0 Å². The van der Waals surface area contributed by atoms with Crippen LogP contribution in [0.15, 0.2) is 136 Å². The first-order valence-corrected chi connectivity index (χ1v) is 21.3. The van der Waals surface area contributed by atoms with E-state index in [1.807, 2.05) is 0 Å². The number of fused-ring (bicyclic) bond motifs is 3. The Hall–Kier alpha value is -3.09. The van der Waals surface area contributed by atoms with E-state index in [9.17, 15) is 0 Å². The molecule has 0 N–H and O–H groups in total. The van der Waals surface area contributed by atoms with E-state index in [2.05, 4.69) is 183 Å². The van der Waals surface area contributed by atoms with Gasteiger partial charge in [0.1, 0.15) is 0 Å². The quantitative estimate of drug-likeness (QED) is 0.221. The number of benzene rings is 5. The minimum absolute atomic E-state index is 0. The maximum absolute atomic E-state index is 3.01. The van der Waals surface area contributed by atoms with Gasteiger partial charge in [0.25, 0.3) is 0 Å². The fraction of sp³-hybridized carbons (Fsp3) is 0.255. The molecule has 7 rings (SSSR count). The van der Waals surface area contributed by atoms with Crippen molar-refractivity contribution in [3.63, 3.8) is 0 Å². The molecule has 5 aromatic rings. The molecule has 0 amide bonds. The van der Waals surface area contributed by atoms with Crippen molar-refractivity contribution in [3.05, 3.63) is 175 Å². The minimum Gasteiger partial charge on any atom is -1.00 e. The molecule has 2 aliphatic carbocycles. The first-order chi connectivity index (χ1) is 22.9. The molecule has 5 aromatic carbocycles. The fourth-order valence-electron chi connectivity index (χ4n) is 8.00. The molecule has 1 atom stereocenters. The molecule has 0 aromatic heterocycles. The summed E-state index contributed by atoms with van der Waals surface area (Å²) in [5.74, 6) is 0.372. The molecule has 50 heavy (non-hydrogen) atoms. The van der Waals surface area contributed by atoms with Gasteiger partial charge in [0.2, 0.25) is 0 Å². The van der Waals surface area contributed by atoms with Crippen molar-refractivity contribution in [3.8, 4) is 11.1 Å². The average Bonchev–Trinajstić information content (AvgIpc) is 3.59. The predicted molar refractivity (Wildman–Crippen MR) is 204 cm³/mol. The Bertz CT molecular complexity index is 2060. The summed E-state index contributed by atoms with van der Waals surface area (Å²) in [6.45, 7) is 19.2. The monoisotopic (exact) mass is 772 g/mol. The topological polar surface area (TPSA) is 0 Å². The Balaban J connectivity index is 0.00000243. The van der Waals surface area contributed by atoms with Gasteiger partial charge in [0, 0.05) is 0 Å². The van der Waals surface area contributed by atoms with Crippen LogP contribution in [-0.4, -0.2) is 3.21 Å². The molecule has 254 valence electrons. The number of allylic oxidation sites excluding steroid dienone is 4. The molecule has 0 bridgehead atoms. The largest absolute Gasteiger partial charge is 1.00 e. The van der Waals surface area contributed by atoms with Gasteiger partial charge in [0.15, 0.2) is 0 Å². The van der Waals surface area contributed by atoms with Crippen LogP contribution in [0.5, 0.6) is 0 Å². The zero-order valence-corrected chi connectivity index (χ0v) is 34.6. The zero-order valence-electron chi connectivity index (χ0n) is 30.7. The SMILES string of the molecule is CC1=[C]([Zr+2](=[C](c2ccccc2)c2ccccc2)[c]2c(C(C)(C)C)ccc3c2Cc2cc(C(C)(C)C)ccc2-3)C(C)C=C1c1ccccc1.[Cl-].[Cl-]. The molecule has 0 spiro atoms. The van der Waals surface area contributed by atoms with Crippen molar-refractivity contribution in [2.45, 2.75) is 72.6 Å². The van der Waals surface area contributed by atoms with Crippen molar-refractivity contribution in [2.75, 3.05) is 0 Å². The van der Waals surface area contributed by atoms with Crippen LogP contribution >= 0.6 is 0 Å². The van der Waals surface area contributed by atoms with E-state index in [0.29, 0.717) is 5.92 Å². The number of rotatable bonds is 5. The van der Waals surface area contributed by atoms with E-state index in [-0.39, 0.29) is 35.6 Å². The van der Waals surface area contributed by atoms with E-state index in [1.54, 1.807) is 15.3 Å². The Kier molecular flexibility index (Phi) is 11.3. The summed E-state index contributed by atoms with van der Waals surface area (Å²) in [5, 5.41) is 0. The smallest absolute Gasteiger partial charge is 1.00 e. The maximum atomic E-state index is 2.57. The van der Waals surface area contributed by atoms with Gasteiger partial charge in [0.05, 0.1) is 0 Å². The third kappa shape index (κ3) is 7.04. The van der Waals surface area contributed by atoms with Gasteiger partial charge in [-0.25, -0.2) is 0 Å². The van der Waals surface area contributed by atoms with Crippen molar-refractivity contribution >= 4 is 12.1 Å². The summed E-state index contributed by atoms with van der Waals surface area (Å²) in [6, 6.07) is 46.1. The fourth-order valence-corrected chi connectivity index (χ4v) is 17.8. The predicted octanol–water partition coefficient (Wildman–Crippen LogP) is 5.38. The van der Waals surface area contributed by atoms with Gasteiger partial charge in [-0.2, -0.15) is 0 Å². The van der Waals surface area contributed by atoms with E-state index >= 15 is 0 Å². The normalized spacial score (nSPS) is 14.9. The third-order valence-electron chi connectivity index (χ3n) is 10.4. The second-order valence-corrected chi connectivity index (χ2v) is 21.4. The summed E-state index contributed by atoms with van der Waals surface area (Å²) >= 11 is -3.01. The van der Waals surface area contributed by atoms with Gasteiger partial charge in [-0.3, -0.25) is 0 Å². The first-order valence-electron chi connectivity index (χ1n) is 17.6. The number of halogens is 2. The van der Waals surface area contributed by atoms with Crippen LogP contribution in [-0.2, 0) is 38.5 Å². The van der Waals surface area contributed by atoms with Crippen LogP contribution < -0.4 is 28.1 Å². The Labute approximate surface area is 320 Å². The summed E-state index contributed by atoms with van der Waals surface area (Å²) in [7, 11) is 0. The van der Waals surface area contributed by atoms with E-state index in [0.717, 1.165) is 6.42 Å². The first kappa shape index (κ1) is 38.2. The molecular formula is C47H48Cl2Zr. The van der Waals surface area contributed by atoms with Gasteiger partial charge in [-0.1, -0.05) is 0 Å². The molecule has 0 aliphatic heterocycles. The molecule has 2 aliphatic rings. The molecule has 0 fully saturated rings. The molecule has 3 heteroatoms. The van der Waals surface area contributed by atoms with Crippen molar-refractivity contribution in [1.82, 2.24) is 0 Å². The van der Waals surface area contributed by atoms with Gasteiger partial charge < -0.3 is 24.8 Å². The Morgan fingerprint density at radius 2 is 1.18 bits per heavy atom. The van der Waals surface area contributed by atoms with Gasteiger partial charge in [-0.05, 0) is 0 Å². The summed E-state index contributed by atoms with van der Waals surface area (Å²) in [5.41, 5.74) is 16.0. The van der Waals surface area contributed by atoms with Crippen LogP contribution in [0.1, 0.15) is 94.3 Å². The zero-order chi connectivity index (χ0) is 33.8. The average molecular weight is 775 g/mol. The van der Waals surface area contributed by atoms with Crippen LogP contribution in [0.2, 0.25) is 0 Å². The van der Waals surface area contributed by atoms with Gasteiger partial charge in [-0.15, -0.1) is 0 Å². The van der Waals surface area contributed by atoms with E-state index in [1.165, 1.54) is 55.7 Å². The molecule has 1 unspecified atom stereocenters. The second kappa shape index (κ2) is 14.9. The van der Waals surface area contributed by atoms with Crippen molar-refractivity contribution < 1.29 is 46.1 Å². The van der Waals surface area contributed by atoms with E-state index < -0.39 is 21.3 Å². The van der Waals surface area contributed by atoms with Crippen LogP contribution in [0.3, 0.4) is 0 Å². The minimum atomic E-state index is -3.01.